The Morgan fingerprint density at radius 1 is 0.301 bits per heavy atom. The van der Waals surface area contributed by atoms with Gasteiger partial charge >= 0.3 is 17.9 Å². The molecule has 0 aliphatic carbocycles. The molecule has 0 radical (unpaired) electrons. The van der Waals surface area contributed by atoms with Gasteiger partial charge in [-0.25, -0.2) is 4.79 Å². The number of hydrogen-bond donors (Lipinski definition) is 1. The smallest absolute Gasteiger partial charge is 0.361 e. The molecule has 0 heterocycles. The highest BCUT2D eigenvalue weighted by atomic mass is 16.7. The van der Waals surface area contributed by atoms with Gasteiger partial charge in [-0.2, -0.15) is 0 Å². The number of carbonyl (C=O) groups is 3. The zero-order valence-electron chi connectivity index (χ0n) is 69.0. The Bertz CT molecular complexity index is 1980. The Morgan fingerprint density at radius 2 is 0.553 bits per heavy atom. The van der Waals surface area contributed by atoms with Gasteiger partial charge < -0.3 is 28.5 Å². The number of carboxylic acids is 1. The molecular weight excluding hydrogens is 1270 g/mol. The van der Waals surface area contributed by atoms with Crippen LogP contribution in [0.5, 0.6) is 0 Å². The second-order valence-electron chi connectivity index (χ2n) is 31.5. The maximum Gasteiger partial charge on any atom is 0.361 e. The molecule has 0 aromatic rings. The lowest BCUT2D eigenvalue weighted by molar-refractivity contribution is -0.870. The van der Waals surface area contributed by atoms with Crippen LogP contribution in [0.2, 0.25) is 0 Å². The first-order valence-electron chi connectivity index (χ1n) is 44.8. The number of quaternary nitrogens is 1. The van der Waals surface area contributed by atoms with Crippen LogP contribution in [0.25, 0.3) is 0 Å². The standard InChI is InChI=1S/C94H171NO8/c1-6-8-10-12-14-16-18-20-22-24-26-28-30-32-34-36-38-40-42-44-46-48-50-52-54-56-58-60-62-64-66-68-70-72-74-76-78-80-82-84-91(96)101-88-90(89-102-94(93(98)99)100-87-86-95(3,4)5)103-92(97)85-83-81-79-77-75-73-71-69-67-65-63-61-59-57-55-53-51-49-47-45-43-41-39-37-35-33-31-29-27-25-23-21-19-17-15-13-11-9-7-2/h9,11,15,17,21,23-24,26-27,29,33,35,39,41,90,94H,6-8,10,12-14,16,18-20,22,25,28,30-32,34,36-38,40,42-89H2,1-5H3/p+1/b11-9-,17-15-,23-21-,26-24-,29-27-,35-33-,41-39-. The second kappa shape index (κ2) is 84.1. The van der Waals surface area contributed by atoms with Gasteiger partial charge in [0.05, 0.1) is 34.4 Å². The van der Waals surface area contributed by atoms with E-state index in [1.54, 1.807) is 0 Å². The number of ether oxygens (including phenoxy) is 4. The third-order valence-corrected chi connectivity index (χ3v) is 20.1. The van der Waals surface area contributed by atoms with E-state index in [4.69, 9.17) is 18.9 Å². The van der Waals surface area contributed by atoms with E-state index in [-0.39, 0.29) is 38.2 Å². The zero-order valence-corrected chi connectivity index (χ0v) is 69.0. The lowest BCUT2D eigenvalue weighted by Gasteiger charge is -2.25. The number of carbonyl (C=O) groups excluding carboxylic acids is 2. The summed E-state index contributed by atoms with van der Waals surface area (Å²) in [5.41, 5.74) is 0. The summed E-state index contributed by atoms with van der Waals surface area (Å²) in [4.78, 5) is 37.8. The van der Waals surface area contributed by atoms with E-state index in [0.29, 0.717) is 17.4 Å². The molecule has 103 heavy (non-hydrogen) atoms. The minimum atomic E-state index is -1.51. The molecule has 2 atom stereocenters. The Labute approximate surface area is 640 Å². The van der Waals surface area contributed by atoms with Crippen molar-refractivity contribution in [2.45, 2.75) is 450 Å². The molecule has 0 aromatic carbocycles. The molecule has 0 aliphatic heterocycles. The fourth-order valence-corrected chi connectivity index (χ4v) is 13.4. The van der Waals surface area contributed by atoms with E-state index in [1.807, 2.05) is 21.1 Å². The lowest BCUT2D eigenvalue weighted by atomic mass is 10.0. The summed E-state index contributed by atoms with van der Waals surface area (Å²) in [5, 5.41) is 9.79. The highest BCUT2D eigenvalue weighted by molar-refractivity contribution is 5.71. The third kappa shape index (κ3) is 85.6. The SMILES string of the molecule is CC/C=C\C/C=C\C/C=C\C/C=C\C/C=C\C/C=C\CCCCCCCCCCCCCCCCCCCCCCC(=O)OC(COC(=O)CCCCCCCCCCCCCCCCCCCCCCCCCCCCC/C=C\CCCCCCCCCC)COC(OCC[N+](C)(C)C)C(=O)O. The highest BCUT2D eigenvalue weighted by Crippen LogP contribution is 2.20. The van der Waals surface area contributed by atoms with Gasteiger partial charge in [-0.3, -0.25) is 9.59 Å². The monoisotopic (exact) mass is 1440 g/mol. The van der Waals surface area contributed by atoms with Gasteiger partial charge in [-0.15, -0.1) is 0 Å². The van der Waals surface area contributed by atoms with Crippen LogP contribution in [-0.2, 0) is 33.3 Å². The van der Waals surface area contributed by atoms with Gasteiger partial charge in [0.1, 0.15) is 13.2 Å². The topological polar surface area (TPSA) is 108 Å². The summed E-state index contributed by atoms with van der Waals surface area (Å²) in [5.74, 6) is -1.97. The number of nitrogens with zero attached hydrogens (tertiary/aromatic N) is 1. The number of hydrogen-bond acceptors (Lipinski definition) is 7. The number of esters is 2. The summed E-state index contributed by atoms with van der Waals surface area (Å²) in [6.45, 7) is 4.83. The van der Waals surface area contributed by atoms with Crippen molar-refractivity contribution in [2.75, 3.05) is 47.5 Å². The average Bonchev–Trinajstić information content (AvgIpc) is 0.985. The van der Waals surface area contributed by atoms with E-state index in [9.17, 15) is 19.5 Å². The van der Waals surface area contributed by atoms with Crippen LogP contribution < -0.4 is 0 Å². The van der Waals surface area contributed by atoms with Crippen molar-refractivity contribution in [2.24, 2.45) is 0 Å². The van der Waals surface area contributed by atoms with Crippen molar-refractivity contribution >= 4 is 17.9 Å². The molecule has 0 saturated carbocycles. The van der Waals surface area contributed by atoms with Gasteiger partial charge in [0, 0.05) is 12.8 Å². The second-order valence-corrected chi connectivity index (χ2v) is 31.5. The first-order chi connectivity index (χ1) is 50.6. The first kappa shape index (κ1) is 99.5. The zero-order chi connectivity index (χ0) is 74.6. The Kier molecular flexibility index (Phi) is 81.2. The van der Waals surface area contributed by atoms with Gasteiger partial charge in [-0.1, -0.05) is 420 Å². The van der Waals surface area contributed by atoms with Crippen molar-refractivity contribution in [1.29, 1.82) is 0 Å². The van der Waals surface area contributed by atoms with E-state index >= 15 is 0 Å². The van der Waals surface area contributed by atoms with Gasteiger partial charge in [0.2, 0.25) is 0 Å². The lowest BCUT2D eigenvalue weighted by Crippen LogP contribution is -2.40. The number of allylic oxidation sites excluding steroid dienone is 14. The number of aliphatic carboxylic acids is 1. The van der Waals surface area contributed by atoms with Crippen LogP contribution in [0.15, 0.2) is 85.1 Å². The third-order valence-electron chi connectivity index (χ3n) is 20.1. The summed E-state index contributed by atoms with van der Waals surface area (Å²) >= 11 is 0. The molecule has 1 N–H and O–H groups in total. The molecule has 0 fully saturated rings. The van der Waals surface area contributed by atoms with E-state index < -0.39 is 18.4 Å². The molecule has 0 rings (SSSR count). The summed E-state index contributed by atoms with van der Waals surface area (Å²) in [6.07, 6.45) is 114. The highest BCUT2D eigenvalue weighted by Gasteiger charge is 2.25. The molecule has 0 aliphatic rings. The molecule has 600 valence electrons. The fourth-order valence-electron chi connectivity index (χ4n) is 13.4. The largest absolute Gasteiger partial charge is 0.477 e. The van der Waals surface area contributed by atoms with Crippen LogP contribution in [0.1, 0.15) is 438 Å². The Morgan fingerprint density at radius 3 is 0.835 bits per heavy atom. The maximum atomic E-state index is 13.0. The van der Waals surface area contributed by atoms with Crippen molar-refractivity contribution in [1.82, 2.24) is 0 Å². The van der Waals surface area contributed by atoms with E-state index in [1.165, 1.54) is 334 Å². The molecule has 0 aromatic heterocycles. The summed E-state index contributed by atoms with van der Waals surface area (Å²) < 4.78 is 23.1. The number of unbranched alkanes of at least 4 members (excludes halogenated alkanes) is 55. The molecular formula is C94H172NO8+. The summed E-state index contributed by atoms with van der Waals surface area (Å²) in [6, 6.07) is 0. The fraction of sp³-hybridized carbons (Fsp3) is 0.819. The van der Waals surface area contributed by atoms with Gasteiger partial charge in [0.15, 0.2) is 6.10 Å². The number of likely N-dealkylation sites (N-methyl/N-ethyl adjacent to an activating group) is 1. The normalized spacial score (nSPS) is 13.0. The van der Waals surface area contributed by atoms with Crippen molar-refractivity contribution in [3.63, 3.8) is 0 Å². The van der Waals surface area contributed by atoms with Crippen LogP contribution in [0.3, 0.4) is 0 Å². The van der Waals surface area contributed by atoms with Crippen molar-refractivity contribution in [3.8, 4) is 0 Å². The Hall–Kier alpha value is -3.53. The minimum absolute atomic E-state index is 0.177. The number of rotatable bonds is 84. The molecule has 0 amide bonds. The quantitative estimate of drug-likeness (QED) is 0.0211. The number of carboxylic acid groups (broad SMARTS) is 1. The molecule has 9 nitrogen and oxygen atoms in total. The van der Waals surface area contributed by atoms with Crippen molar-refractivity contribution in [3.05, 3.63) is 85.1 Å². The predicted octanol–water partition coefficient (Wildman–Crippen LogP) is 29.3. The van der Waals surface area contributed by atoms with Gasteiger partial charge in [-0.05, 0) is 89.9 Å². The van der Waals surface area contributed by atoms with Gasteiger partial charge in [0.25, 0.3) is 6.29 Å². The van der Waals surface area contributed by atoms with Crippen molar-refractivity contribution < 1.29 is 42.9 Å². The van der Waals surface area contributed by atoms with E-state index in [2.05, 4.69) is 98.9 Å². The van der Waals surface area contributed by atoms with Crippen LogP contribution in [0, 0.1) is 0 Å². The Balaban J connectivity index is 3.92. The maximum absolute atomic E-state index is 13.0. The van der Waals surface area contributed by atoms with E-state index in [0.717, 1.165) is 77.0 Å². The molecule has 0 spiro atoms. The summed E-state index contributed by atoms with van der Waals surface area (Å²) in [7, 11) is 6.00. The molecule has 2 unspecified atom stereocenters. The molecule has 0 saturated heterocycles. The predicted molar refractivity (Wildman–Crippen MR) is 447 cm³/mol. The first-order valence-corrected chi connectivity index (χ1v) is 44.8. The van der Waals surface area contributed by atoms with Crippen LogP contribution in [0.4, 0.5) is 0 Å². The molecule has 9 heteroatoms. The van der Waals surface area contributed by atoms with Crippen LogP contribution >= 0.6 is 0 Å². The minimum Gasteiger partial charge on any atom is -0.477 e. The average molecular weight is 1440 g/mol. The van der Waals surface area contributed by atoms with Crippen LogP contribution in [-0.4, -0.2) is 87.4 Å². The molecule has 0 bridgehead atoms.